The number of ether oxygens (including phenoxy) is 1. The molecule has 0 aliphatic heterocycles. The van der Waals surface area contributed by atoms with Gasteiger partial charge in [-0.3, -0.25) is 9.98 Å². The van der Waals surface area contributed by atoms with Crippen molar-refractivity contribution < 1.29 is 4.74 Å². The first-order valence-electron chi connectivity index (χ1n) is 8.70. The summed E-state index contributed by atoms with van der Waals surface area (Å²) in [5, 5.41) is 7.85. The minimum absolute atomic E-state index is 0.718. The third kappa shape index (κ3) is 5.81. The van der Waals surface area contributed by atoms with E-state index < -0.39 is 0 Å². The van der Waals surface area contributed by atoms with E-state index >= 15 is 0 Å². The summed E-state index contributed by atoms with van der Waals surface area (Å²) in [4.78, 5) is 8.66. The van der Waals surface area contributed by atoms with Crippen molar-refractivity contribution in [1.29, 1.82) is 0 Å². The van der Waals surface area contributed by atoms with Gasteiger partial charge < -0.3 is 15.4 Å². The number of nitrogens with zero attached hydrogens (tertiary/aromatic N) is 2. The molecular formula is C19H28N4O. The van der Waals surface area contributed by atoms with Gasteiger partial charge in [0.15, 0.2) is 5.96 Å². The van der Waals surface area contributed by atoms with Gasteiger partial charge in [0, 0.05) is 44.9 Å². The van der Waals surface area contributed by atoms with Crippen molar-refractivity contribution in [3.05, 3.63) is 42.1 Å². The predicted octanol–water partition coefficient (Wildman–Crippen LogP) is 3.11. The zero-order valence-corrected chi connectivity index (χ0v) is 14.7. The Morgan fingerprint density at radius 1 is 1.12 bits per heavy atom. The number of hydrogen-bond donors (Lipinski definition) is 2. The summed E-state index contributed by atoms with van der Waals surface area (Å²) in [5.74, 6) is 0.810. The first-order valence-corrected chi connectivity index (χ1v) is 8.70. The van der Waals surface area contributed by atoms with Crippen LogP contribution in [0.3, 0.4) is 0 Å². The Labute approximate surface area is 144 Å². The van der Waals surface area contributed by atoms with Gasteiger partial charge in [0.05, 0.1) is 5.52 Å². The van der Waals surface area contributed by atoms with Crippen LogP contribution in [0.1, 0.15) is 31.7 Å². The number of pyridine rings is 1. The number of guanidine groups is 1. The van der Waals surface area contributed by atoms with Crippen LogP contribution in [-0.4, -0.2) is 37.7 Å². The molecule has 5 nitrogen and oxygen atoms in total. The third-order valence-electron chi connectivity index (χ3n) is 3.81. The van der Waals surface area contributed by atoms with Crippen molar-refractivity contribution in [2.75, 3.05) is 26.8 Å². The molecule has 24 heavy (non-hydrogen) atoms. The van der Waals surface area contributed by atoms with E-state index in [-0.39, 0.29) is 0 Å². The summed E-state index contributed by atoms with van der Waals surface area (Å²) in [6.07, 6.45) is 5.14. The van der Waals surface area contributed by atoms with E-state index in [0.717, 1.165) is 50.6 Å². The number of para-hydroxylation sites is 1. The van der Waals surface area contributed by atoms with Gasteiger partial charge in [-0.15, -0.1) is 0 Å². The highest BCUT2D eigenvalue weighted by molar-refractivity contribution is 5.83. The van der Waals surface area contributed by atoms with E-state index in [1.54, 1.807) is 7.05 Å². The molecule has 0 unspecified atom stereocenters. The van der Waals surface area contributed by atoms with E-state index in [0.29, 0.717) is 0 Å². The minimum atomic E-state index is 0.718. The van der Waals surface area contributed by atoms with Crippen LogP contribution in [0, 0.1) is 0 Å². The molecule has 1 heterocycles. The second kappa shape index (κ2) is 10.6. The average molecular weight is 328 g/mol. The number of hydrogen-bond acceptors (Lipinski definition) is 3. The van der Waals surface area contributed by atoms with Crippen LogP contribution in [0.5, 0.6) is 0 Å². The molecule has 0 radical (unpaired) electrons. The second-order valence-electron chi connectivity index (χ2n) is 5.66. The summed E-state index contributed by atoms with van der Waals surface area (Å²) in [7, 11) is 1.79. The first kappa shape index (κ1) is 18.2. The molecule has 0 bridgehead atoms. The Morgan fingerprint density at radius 2 is 1.96 bits per heavy atom. The van der Waals surface area contributed by atoms with E-state index in [9.17, 15) is 0 Å². The number of rotatable bonds is 9. The molecule has 0 fully saturated rings. The average Bonchev–Trinajstić information content (AvgIpc) is 2.63. The van der Waals surface area contributed by atoms with Crippen molar-refractivity contribution in [3.63, 3.8) is 0 Å². The normalized spacial score (nSPS) is 11.7. The molecule has 0 amide bonds. The number of fused-ring (bicyclic) bond motifs is 1. The largest absolute Gasteiger partial charge is 0.381 e. The van der Waals surface area contributed by atoms with Crippen LogP contribution in [0.15, 0.2) is 41.5 Å². The lowest BCUT2D eigenvalue weighted by Gasteiger charge is -2.13. The molecular weight excluding hydrogens is 300 g/mol. The zero-order chi connectivity index (χ0) is 17.0. The Balaban J connectivity index is 1.75. The zero-order valence-electron chi connectivity index (χ0n) is 14.7. The molecule has 1 aromatic carbocycles. The SMILES string of the molecule is CCCCOCCCNC(=NC)NCc1ccnc2ccccc12. The lowest BCUT2D eigenvalue weighted by atomic mass is 10.1. The van der Waals surface area contributed by atoms with Gasteiger partial charge in [0.25, 0.3) is 0 Å². The second-order valence-corrected chi connectivity index (χ2v) is 5.66. The van der Waals surface area contributed by atoms with Crippen LogP contribution < -0.4 is 10.6 Å². The quantitative estimate of drug-likeness (QED) is 0.422. The summed E-state index contributed by atoms with van der Waals surface area (Å²) < 4.78 is 5.56. The maximum Gasteiger partial charge on any atom is 0.191 e. The lowest BCUT2D eigenvalue weighted by molar-refractivity contribution is 0.129. The van der Waals surface area contributed by atoms with Gasteiger partial charge in [-0.1, -0.05) is 31.5 Å². The molecule has 0 aliphatic carbocycles. The van der Waals surface area contributed by atoms with E-state index in [1.165, 1.54) is 17.4 Å². The molecule has 1 aromatic heterocycles. The van der Waals surface area contributed by atoms with Crippen molar-refractivity contribution in [2.24, 2.45) is 4.99 Å². The maximum atomic E-state index is 5.56. The fourth-order valence-electron chi connectivity index (χ4n) is 2.44. The molecule has 130 valence electrons. The predicted molar refractivity (Wildman–Crippen MR) is 100 cm³/mol. The fraction of sp³-hybridized carbons (Fsp3) is 0.474. The standard InChI is InChI=1S/C19H28N4O/c1-3-4-13-24-14-7-11-22-19(20-2)23-15-16-10-12-21-18-9-6-5-8-17(16)18/h5-6,8-10,12H,3-4,7,11,13-15H2,1-2H3,(H2,20,22,23). The molecule has 0 aliphatic rings. The third-order valence-corrected chi connectivity index (χ3v) is 3.81. The van der Waals surface area contributed by atoms with Crippen LogP contribution in [0.4, 0.5) is 0 Å². The van der Waals surface area contributed by atoms with Crippen molar-refractivity contribution in [3.8, 4) is 0 Å². The van der Waals surface area contributed by atoms with Crippen LogP contribution >= 0.6 is 0 Å². The molecule has 2 N–H and O–H groups in total. The molecule has 0 saturated heterocycles. The number of aromatic nitrogens is 1. The fourth-order valence-corrected chi connectivity index (χ4v) is 2.44. The number of benzene rings is 1. The highest BCUT2D eigenvalue weighted by Gasteiger charge is 2.03. The summed E-state index contributed by atoms with van der Waals surface area (Å²) in [5.41, 5.74) is 2.23. The summed E-state index contributed by atoms with van der Waals surface area (Å²) in [6.45, 7) is 5.39. The van der Waals surface area contributed by atoms with Crippen LogP contribution in [0.2, 0.25) is 0 Å². The monoisotopic (exact) mass is 328 g/mol. The van der Waals surface area contributed by atoms with Crippen LogP contribution in [0.25, 0.3) is 10.9 Å². The Kier molecular flexibility index (Phi) is 8.04. The summed E-state index contributed by atoms with van der Waals surface area (Å²) >= 11 is 0. The number of nitrogens with one attached hydrogen (secondary N) is 2. The van der Waals surface area contributed by atoms with Gasteiger partial charge >= 0.3 is 0 Å². The first-order chi connectivity index (χ1) is 11.8. The Morgan fingerprint density at radius 3 is 2.79 bits per heavy atom. The lowest BCUT2D eigenvalue weighted by Crippen LogP contribution is -2.37. The van der Waals surface area contributed by atoms with Crippen molar-refractivity contribution >= 4 is 16.9 Å². The van der Waals surface area contributed by atoms with Gasteiger partial charge in [-0.2, -0.15) is 0 Å². The number of unbranched alkanes of at least 4 members (excludes halogenated alkanes) is 1. The smallest absolute Gasteiger partial charge is 0.191 e. The van der Waals surface area contributed by atoms with E-state index in [4.69, 9.17) is 4.74 Å². The van der Waals surface area contributed by atoms with Crippen molar-refractivity contribution in [2.45, 2.75) is 32.7 Å². The molecule has 0 atom stereocenters. The van der Waals surface area contributed by atoms with Gasteiger partial charge in [-0.25, -0.2) is 0 Å². The Hall–Kier alpha value is -2.14. The van der Waals surface area contributed by atoms with Gasteiger partial charge in [-0.05, 0) is 30.5 Å². The molecule has 0 spiro atoms. The Bertz CT molecular complexity index is 637. The minimum Gasteiger partial charge on any atom is -0.381 e. The molecule has 2 aromatic rings. The highest BCUT2D eigenvalue weighted by atomic mass is 16.5. The van der Waals surface area contributed by atoms with E-state index in [2.05, 4.69) is 33.6 Å². The van der Waals surface area contributed by atoms with Gasteiger partial charge in [0.2, 0.25) is 0 Å². The molecule has 5 heteroatoms. The van der Waals surface area contributed by atoms with Gasteiger partial charge in [0.1, 0.15) is 0 Å². The molecule has 0 saturated carbocycles. The number of aliphatic imine (C=N–C) groups is 1. The highest BCUT2D eigenvalue weighted by Crippen LogP contribution is 2.15. The molecule has 2 rings (SSSR count). The topological polar surface area (TPSA) is 58.5 Å². The summed E-state index contributed by atoms with van der Waals surface area (Å²) in [6, 6.07) is 10.2. The van der Waals surface area contributed by atoms with Crippen molar-refractivity contribution in [1.82, 2.24) is 15.6 Å². The van der Waals surface area contributed by atoms with Crippen LogP contribution in [-0.2, 0) is 11.3 Å². The maximum absolute atomic E-state index is 5.56. The van der Waals surface area contributed by atoms with E-state index in [1.807, 2.05) is 30.5 Å².